The van der Waals surface area contributed by atoms with Crippen molar-refractivity contribution in [1.82, 2.24) is 0 Å². The van der Waals surface area contributed by atoms with Crippen LogP contribution in [-0.2, 0) is 4.79 Å². The topological polar surface area (TPSA) is 125 Å². The summed E-state index contributed by atoms with van der Waals surface area (Å²) >= 11 is 0. The van der Waals surface area contributed by atoms with E-state index in [9.17, 15) is 14.9 Å². The molecule has 0 spiro atoms. The number of ether oxygens (including phenoxy) is 2. The third kappa shape index (κ3) is 3.82. The number of nitrogens with two attached hydrogens (primary N) is 1. The molecule has 0 fully saturated rings. The number of nitro groups is 1. The Morgan fingerprint density at radius 1 is 1.50 bits per heavy atom. The van der Waals surface area contributed by atoms with E-state index in [-0.39, 0.29) is 30.2 Å². The van der Waals surface area contributed by atoms with Crippen LogP contribution in [0.1, 0.15) is 24.9 Å². The minimum atomic E-state index is -1.00. The maximum absolute atomic E-state index is 11.0. The molecule has 0 aliphatic heterocycles. The highest BCUT2D eigenvalue weighted by Crippen LogP contribution is 2.36. The lowest BCUT2D eigenvalue weighted by Crippen LogP contribution is -2.10. The minimum absolute atomic E-state index is 0.0676. The van der Waals surface area contributed by atoms with Crippen LogP contribution in [0.5, 0.6) is 11.5 Å². The van der Waals surface area contributed by atoms with E-state index < -0.39 is 16.9 Å². The molecule has 0 aromatic heterocycles. The molecule has 1 atom stereocenters. The van der Waals surface area contributed by atoms with E-state index in [1.807, 2.05) is 0 Å². The molecule has 0 bridgehead atoms. The van der Waals surface area contributed by atoms with Crippen molar-refractivity contribution in [2.45, 2.75) is 19.4 Å². The fourth-order valence-electron chi connectivity index (χ4n) is 1.61. The maximum Gasteiger partial charge on any atom is 0.306 e. The largest absolute Gasteiger partial charge is 0.493 e. The van der Waals surface area contributed by atoms with Crippen LogP contribution in [0.15, 0.2) is 12.1 Å². The van der Waals surface area contributed by atoms with E-state index in [4.69, 9.17) is 20.3 Å². The number of carboxylic acids is 1. The number of methoxy groups -OCH3 is 1. The van der Waals surface area contributed by atoms with Crippen LogP contribution in [0, 0.1) is 10.1 Å². The van der Waals surface area contributed by atoms with Crippen LogP contribution in [0.25, 0.3) is 0 Å². The normalized spacial score (nSPS) is 11.8. The van der Waals surface area contributed by atoms with Crippen molar-refractivity contribution in [3.63, 3.8) is 0 Å². The predicted octanol–water partition coefficient (Wildman–Crippen LogP) is 1.48. The van der Waals surface area contributed by atoms with Crippen molar-refractivity contribution >= 4 is 11.7 Å². The zero-order valence-electron chi connectivity index (χ0n) is 11.2. The van der Waals surface area contributed by atoms with Gasteiger partial charge in [0.1, 0.15) is 0 Å². The zero-order valence-corrected chi connectivity index (χ0v) is 11.2. The molecule has 1 aromatic carbocycles. The summed E-state index contributed by atoms with van der Waals surface area (Å²) in [5.41, 5.74) is 5.82. The summed E-state index contributed by atoms with van der Waals surface area (Å²) in [7, 11) is 1.34. The molecule has 110 valence electrons. The first-order valence-electron chi connectivity index (χ1n) is 5.83. The molecule has 1 rings (SSSR count). The third-order valence-corrected chi connectivity index (χ3v) is 2.57. The second-order valence-corrected chi connectivity index (χ2v) is 4.10. The molecule has 0 aliphatic carbocycles. The summed E-state index contributed by atoms with van der Waals surface area (Å²) < 4.78 is 10.3. The third-order valence-electron chi connectivity index (χ3n) is 2.57. The summed E-state index contributed by atoms with van der Waals surface area (Å²) in [4.78, 5) is 20.9. The standard InChI is InChI=1S/C12H16N2O6/c1-7(13)8-5-11(20-4-3-12(15)16)10(19-2)6-9(8)14(17)18/h5-7H,3-4,13H2,1-2H3,(H,15,16). The number of carboxylic acid groups (broad SMARTS) is 1. The first-order chi connectivity index (χ1) is 9.36. The van der Waals surface area contributed by atoms with E-state index in [1.165, 1.54) is 19.2 Å². The number of hydrogen-bond acceptors (Lipinski definition) is 6. The number of aliphatic carboxylic acids is 1. The Bertz CT molecular complexity index is 515. The Hall–Kier alpha value is -2.35. The van der Waals surface area contributed by atoms with Crippen LogP contribution in [0.4, 0.5) is 5.69 Å². The fourth-order valence-corrected chi connectivity index (χ4v) is 1.61. The van der Waals surface area contributed by atoms with E-state index in [0.29, 0.717) is 5.56 Å². The SMILES string of the molecule is COc1cc([N+](=O)[O-])c(C(C)N)cc1OCCC(=O)O. The van der Waals surface area contributed by atoms with Gasteiger partial charge in [0, 0.05) is 6.04 Å². The van der Waals surface area contributed by atoms with Gasteiger partial charge in [-0.25, -0.2) is 0 Å². The van der Waals surface area contributed by atoms with Gasteiger partial charge in [-0.05, 0) is 13.0 Å². The van der Waals surface area contributed by atoms with Gasteiger partial charge in [0.15, 0.2) is 11.5 Å². The molecule has 0 saturated carbocycles. The average molecular weight is 284 g/mol. The first-order valence-corrected chi connectivity index (χ1v) is 5.83. The summed E-state index contributed by atoms with van der Waals surface area (Å²) in [6.45, 7) is 1.54. The molecule has 8 heteroatoms. The van der Waals surface area contributed by atoms with Crippen molar-refractivity contribution in [1.29, 1.82) is 0 Å². The van der Waals surface area contributed by atoms with Gasteiger partial charge in [0.25, 0.3) is 5.69 Å². The van der Waals surface area contributed by atoms with Gasteiger partial charge in [-0.1, -0.05) is 0 Å². The van der Waals surface area contributed by atoms with Crippen LogP contribution in [0.3, 0.4) is 0 Å². The van der Waals surface area contributed by atoms with Crippen LogP contribution >= 0.6 is 0 Å². The number of rotatable bonds is 7. The molecule has 20 heavy (non-hydrogen) atoms. The van der Waals surface area contributed by atoms with E-state index in [0.717, 1.165) is 0 Å². The fraction of sp³-hybridized carbons (Fsp3) is 0.417. The molecular formula is C12H16N2O6. The molecule has 0 aliphatic rings. The summed E-state index contributed by atoms with van der Waals surface area (Å²) in [5.74, 6) is -0.614. The van der Waals surface area contributed by atoms with Gasteiger partial charge in [0.2, 0.25) is 0 Å². The van der Waals surface area contributed by atoms with E-state index in [1.54, 1.807) is 6.92 Å². The van der Waals surface area contributed by atoms with Crippen LogP contribution in [-0.4, -0.2) is 29.7 Å². The predicted molar refractivity (Wildman–Crippen MR) is 70.0 cm³/mol. The average Bonchev–Trinajstić information content (AvgIpc) is 2.37. The Balaban J connectivity index is 3.13. The van der Waals surface area contributed by atoms with Crippen LogP contribution in [0.2, 0.25) is 0 Å². The second kappa shape index (κ2) is 6.71. The lowest BCUT2D eigenvalue weighted by Gasteiger charge is -2.14. The Labute approximate surface area is 115 Å². The molecular weight excluding hydrogens is 268 g/mol. The number of carbonyl (C=O) groups is 1. The van der Waals surface area contributed by atoms with Gasteiger partial charge in [-0.3, -0.25) is 14.9 Å². The lowest BCUT2D eigenvalue weighted by atomic mass is 10.1. The van der Waals surface area contributed by atoms with Gasteiger partial charge >= 0.3 is 5.97 Å². The molecule has 0 amide bonds. The van der Waals surface area contributed by atoms with Crippen molar-refractivity contribution in [3.05, 3.63) is 27.8 Å². The molecule has 8 nitrogen and oxygen atoms in total. The second-order valence-electron chi connectivity index (χ2n) is 4.10. The highest BCUT2D eigenvalue weighted by atomic mass is 16.6. The van der Waals surface area contributed by atoms with Crippen LogP contribution < -0.4 is 15.2 Å². The zero-order chi connectivity index (χ0) is 15.3. The van der Waals surface area contributed by atoms with Gasteiger partial charge in [-0.2, -0.15) is 0 Å². The lowest BCUT2D eigenvalue weighted by molar-refractivity contribution is -0.385. The summed E-state index contributed by atoms with van der Waals surface area (Å²) in [6.07, 6.45) is -0.187. The highest BCUT2D eigenvalue weighted by Gasteiger charge is 2.22. The summed E-state index contributed by atoms with van der Waals surface area (Å²) in [6, 6.07) is 2.06. The Morgan fingerprint density at radius 3 is 2.60 bits per heavy atom. The Morgan fingerprint density at radius 2 is 2.15 bits per heavy atom. The number of nitro benzene ring substituents is 1. The quantitative estimate of drug-likeness (QED) is 0.573. The van der Waals surface area contributed by atoms with Gasteiger partial charge in [-0.15, -0.1) is 0 Å². The molecule has 0 saturated heterocycles. The van der Waals surface area contributed by atoms with Crippen molar-refractivity contribution < 1.29 is 24.3 Å². The van der Waals surface area contributed by atoms with Crippen molar-refractivity contribution in [2.24, 2.45) is 5.73 Å². The molecule has 0 heterocycles. The minimum Gasteiger partial charge on any atom is -0.493 e. The number of benzene rings is 1. The van der Waals surface area contributed by atoms with Gasteiger partial charge < -0.3 is 20.3 Å². The molecule has 3 N–H and O–H groups in total. The van der Waals surface area contributed by atoms with Gasteiger partial charge in [0.05, 0.1) is 36.7 Å². The van der Waals surface area contributed by atoms with E-state index >= 15 is 0 Å². The smallest absolute Gasteiger partial charge is 0.306 e. The summed E-state index contributed by atoms with van der Waals surface area (Å²) in [5, 5.41) is 19.5. The highest BCUT2D eigenvalue weighted by molar-refractivity contribution is 5.66. The van der Waals surface area contributed by atoms with E-state index in [2.05, 4.69) is 0 Å². The molecule has 1 aromatic rings. The number of hydrogen-bond donors (Lipinski definition) is 2. The maximum atomic E-state index is 11.0. The monoisotopic (exact) mass is 284 g/mol. The number of nitrogens with zero attached hydrogens (tertiary/aromatic N) is 1. The van der Waals surface area contributed by atoms with Crippen molar-refractivity contribution in [3.8, 4) is 11.5 Å². The molecule has 0 radical (unpaired) electrons. The molecule has 1 unspecified atom stereocenters. The first kappa shape index (κ1) is 15.7. The Kier molecular flexibility index (Phi) is 5.27. The van der Waals surface area contributed by atoms with Crippen molar-refractivity contribution in [2.75, 3.05) is 13.7 Å².